The van der Waals surface area contributed by atoms with Gasteiger partial charge in [0.05, 0.1) is 11.4 Å². The summed E-state index contributed by atoms with van der Waals surface area (Å²) in [6.07, 6.45) is 17.9. The minimum absolute atomic E-state index is 0.767. The van der Waals surface area contributed by atoms with Crippen LogP contribution in [0.2, 0.25) is 0 Å². The Morgan fingerprint density at radius 2 is 2.05 bits per heavy atom. The number of hydrogen-bond acceptors (Lipinski definition) is 2. The Kier molecular flexibility index (Phi) is 3.55. The maximum absolute atomic E-state index is 4.48. The highest BCUT2D eigenvalue weighted by Gasteiger charge is 2.13. The third-order valence-electron chi connectivity index (χ3n) is 3.43. The number of hydrogen-bond donors (Lipinski definition) is 0. The van der Waals surface area contributed by atoms with Gasteiger partial charge in [-0.3, -0.25) is 9.98 Å². The van der Waals surface area contributed by atoms with Crippen LogP contribution in [0.3, 0.4) is 0 Å². The van der Waals surface area contributed by atoms with Gasteiger partial charge < -0.3 is 0 Å². The average Bonchev–Trinajstić information content (AvgIpc) is 2.66. The minimum Gasteiger partial charge on any atom is -0.260 e. The Morgan fingerprint density at radius 1 is 1.10 bits per heavy atom. The molecule has 2 aliphatic rings. The van der Waals surface area contributed by atoms with E-state index in [1.54, 1.807) is 6.21 Å². The van der Waals surface area contributed by atoms with Gasteiger partial charge >= 0.3 is 0 Å². The first kappa shape index (κ1) is 12.5. The number of rotatable bonds is 0. The number of nitrogens with zero attached hydrogens (tertiary/aromatic N) is 2. The second-order valence-corrected chi connectivity index (χ2v) is 4.77. The summed E-state index contributed by atoms with van der Waals surface area (Å²) in [5.74, 6) is 0. The van der Waals surface area contributed by atoms with Crippen molar-refractivity contribution in [2.45, 2.75) is 12.8 Å². The number of fused-ring (bicyclic) bond motifs is 1. The number of aliphatic imine (C=N–C) groups is 1. The zero-order valence-corrected chi connectivity index (χ0v) is 11.3. The smallest absolute Gasteiger partial charge is 0.0599 e. The molecule has 0 aromatic carbocycles. The van der Waals surface area contributed by atoms with Crippen LogP contribution in [0.15, 0.2) is 77.1 Å². The zero-order valence-electron chi connectivity index (χ0n) is 11.3. The second kappa shape index (κ2) is 5.66. The standard InChI is InChI=1S/C18H16N2/c1-14-17-13-18-16(8-6-12-20-18)10-9-15(17)7-4-2-3-5-11-19-14/h3-12H,1-2,13H2/b5-3-,7-4-,19-11?. The van der Waals surface area contributed by atoms with E-state index in [-0.39, 0.29) is 0 Å². The first-order valence-corrected chi connectivity index (χ1v) is 6.75. The van der Waals surface area contributed by atoms with Crippen LogP contribution in [0.25, 0.3) is 6.08 Å². The van der Waals surface area contributed by atoms with Crippen LogP contribution in [0, 0.1) is 0 Å². The first-order valence-electron chi connectivity index (χ1n) is 6.75. The molecule has 0 fully saturated rings. The summed E-state index contributed by atoms with van der Waals surface area (Å²) in [7, 11) is 0. The molecule has 0 amide bonds. The van der Waals surface area contributed by atoms with E-state index < -0.39 is 0 Å². The van der Waals surface area contributed by atoms with Gasteiger partial charge in [0, 0.05) is 18.8 Å². The predicted molar refractivity (Wildman–Crippen MR) is 84.5 cm³/mol. The number of pyridine rings is 1. The Morgan fingerprint density at radius 3 is 3.00 bits per heavy atom. The Balaban J connectivity index is 2.09. The fraction of sp³-hybridized carbons (Fsp3) is 0.111. The van der Waals surface area contributed by atoms with Gasteiger partial charge in [0.2, 0.25) is 0 Å². The number of allylic oxidation sites excluding steroid dienone is 7. The summed E-state index contributed by atoms with van der Waals surface area (Å²) in [5, 5.41) is 0. The van der Waals surface area contributed by atoms with Gasteiger partial charge in [-0.1, -0.05) is 43.0 Å². The summed E-state index contributed by atoms with van der Waals surface area (Å²) in [6, 6.07) is 4.06. The van der Waals surface area contributed by atoms with E-state index in [0.29, 0.717) is 0 Å². The van der Waals surface area contributed by atoms with Gasteiger partial charge in [0.25, 0.3) is 0 Å². The van der Waals surface area contributed by atoms with E-state index >= 15 is 0 Å². The van der Waals surface area contributed by atoms with Gasteiger partial charge in [-0.2, -0.15) is 0 Å². The predicted octanol–water partition coefficient (Wildman–Crippen LogP) is 4.05. The molecule has 0 saturated carbocycles. The molecule has 0 unspecified atom stereocenters. The lowest BCUT2D eigenvalue weighted by molar-refractivity contribution is 1.04. The highest BCUT2D eigenvalue weighted by molar-refractivity contribution is 5.73. The van der Waals surface area contributed by atoms with Crippen LogP contribution in [0.1, 0.15) is 17.7 Å². The van der Waals surface area contributed by atoms with E-state index in [1.807, 2.05) is 18.3 Å². The van der Waals surface area contributed by atoms with Crippen molar-refractivity contribution >= 4 is 12.3 Å². The zero-order chi connectivity index (χ0) is 13.8. The molecule has 20 heavy (non-hydrogen) atoms. The van der Waals surface area contributed by atoms with E-state index in [4.69, 9.17) is 0 Å². The normalized spacial score (nSPS) is 20.9. The van der Waals surface area contributed by atoms with Crippen LogP contribution in [0.4, 0.5) is 0 Å². The SMILES string of the molecule is C=C1N=C/C=C\C/C=C\C2=C1Cc1ncccc1C=C2. The molecule has 3 rings (SSSR count). The molecule has 98 valence electrons. The highest BCUT2D eigenvalue weighted by atomic mass is 14.7. The molecule has 0 bridgehead atoms. The molecule has 1 aromatic rings. The monoisotopic (exact) mass is 260 g/mol. The largest absolute Gasteiger partial charge is 0.260 e. The first-order chi connectivity index (χ1) is 9.84. The van der Waals surface area contributed by atoms with E-state index in [1.165, 1.54) is 5.57 Å². The van der Waals surface area contributed by atoms with Crippen molar-refractivity contribution in [3.8, 4) is 0 Å². The van der Waals surface area contributed by atoms with Crippen LogP contribution < -0.4 is 0 Å². The molecular formula is C18H16N2. The van der Waals surface area contributed by atoms with Crippen molar-refractivity contribution in [1.29, 1.82) is 0 Å². The lowest BCUT2D eigenvalue weighted by Gasteiger charge is -2.09. The molecule has 1 aromatic heterocycles. The number of aromatic nitrogens is 1. The quantitative estimate of drug-likeness (QED) is 0.691. The molecule has 2 heterocycles. The fourth-order valence-corrected chi connectivity index (χ4v) is 2.35. The molecule has 0 saturated heterocycles. The van der Waals surface area contributed by atoms with Crippen molar-refractivity contribution in [3.05, 3.63) is 83.4 Å². The highest BCUT2D eigenvalue weighted by Crippen LogP contribution is 2.27. The van der Waals surface area contributed by atoms with Crippen LogP contribution in [-0.2, 0) is 6.42 Å². The van der Waals surface area contributed by atoms with Gasteiger partial charge in [-0.25, -0.2) is 0 Å². The van der Waals surface area contributed by atoms with Gasteiger partial charge in [0.1, 0.15) is 0 Å². The van der Waals surface area contributed by atoms with Crippen molar-refractivity contribution < 1.29 is 0 Å². The van der Waals surface area contributed by atoms with E-state index in [9.17, 15) is 0 Å². The van der Waals surface area contributed by atoms with E-state index in [0.717, 1.165) is 35.4 Å². The fourth-order valence-electron chi connectivity index (χ4n) is 2.35. The summed E-state index contributed by atoms with van der Waals surface area (Å²) in [6.45, 7) is 4.10. The van der Waals surface area contributed by atoms with Crippen LogP contribution in [-0.4, -0.2) is 11.2 Å². The molecule has 1 aliphatic carbocycles. The van der Waals surface area contributed by atoms with Gasteiger partial charge in [-0.15, -0.1) is 0 Å². The summed E-state index contributed by atoms with van der Waals surface area (Å²) >= 11 is 0. The van der Waals surface area contributed by atoms with Crippen molar-refractivity contribution in [2.24, 2.45) is 4.99 Å². The topological polar surface area (TPSA) is 25.2 Å². The van der Waals surface area contributed by atoms with Crippen LogP contribution in [0.5, 0.6) is 0 Å². The molecular weight excluding hydrogens is 244 g/mol. The molecule has 2 heteroatoms. The summed E-state index contributed by atoms with van der Waals surface area (Å²) < 4.78 is 0. The van der Waals surface area contributed by atoms with Crippen molar-refractivity contribution in [2.75, 3.05) is 0 Å². The Hall–Kier alpha value is -2.48. The molecule has 0 atom stereocenters. The summed E-state index contributed by atoms with van der Waals surface area (Å²) in [5.41, 5.74) is 5.35. The maximum atomic E-state index is 4.48. The average molecular weight is 260 g/mol. The lowest BCUT2D eigenvalue weighted by Crippen LogP contribution is -1.99. The molecule has 0 spiro atoms. The third-order valence-corrected chi connectivity index (χ3v) is 3.43. The lowest BCUT2D eigenvalue weighted by atomic mass is 10.0. The molecule has 1 aliphatic heterocycles. The Bertz CT molecular complexity index is 685. The molecule has 2 nitrogen and oxygen atoms in total. The van der Waals surface area contributed by atoms with Crippen LogP contribution >= 0.6 is 0 Å². The molecule has 0 N–H and O–H groups in total. The minimum atomic E-state index is 0.767. The maximum Gasteiger partial charge on any atom is 0.0599 e. The second-order valence-electron chi connectivity index (χ2n) is 4.77. The Labute approximate surface area is 119 Å². The summed E-state index contributed by atoms with van der Waals surface area (Å²) in [4.78, 5) is 8.91. The third kappa shape index (κ3) is 2.59. The van der Waals surface area contributed by atoms with Crippen molar-refractivity contribution in [3.63, 3.8) is 0 Å². The van der Waals surface area contributed by atoms with Crippen molar-refractivity contribution in [1.82, 2.24) is 4.98 Å². The van der Waals surface area contributed by atoms with Gasteiger partial charge in [0.15, 0.2) is 0 Å². The van der Waals surface area contributed by atoms with E-state index in [2.05, 4.69) is 53.0 Å². The molecule has 0 radical (unpaired) electrons. The van der Waals surface area contributed by atoms with Gasteiger partial charge in [-0.05, 0) is 35.3 Å².